The molecule has 20 heavy (non-hydrogen) atoms. The molecule has 7 heteroatoms. The number of pyridine rings is 1. The smallest absolute Gasteiger partial charge is 0.338 e. The third-order valence-electron chi connectivity index (χ3n) is 3.27. The maximum absolute atomic E-state index is 12.4. The lowest BCUT2D eigenvalue weighted by Gasteiger charge is -2.27. The van der Waals surface area contributed by atoms with Crippen LogP contribution in [0.5, 0.6) is 0 Å². The van der Waals surface area contributed by atoms with Crippen molar-refractivity contribution >= 4 is 11.9 Å². The molecule has 2 aromatic rings. The number of aromatic carboxylic acids is 1. The Morgan fingerprint density at radius 2 is 2.05 bits per heavy atom. The van der Waals surface area contributed by atoms with E-state index in [0.29, 0.717) is 19.6 Å². The fourth-order valence-corrected chi connectivity index (χ4v) is 2.24. The number of carboxylic acids is 1. The number of hydrogen-bond acceptors (Lipinski definition) is 4. The summed E-state index contributed by atoms with van der Waals surface area (Å²) < 4.78 is 1.97. The Bertz CT molecular complexity index is 680. The summed E-state index contributed by atoms with van der Waals surface area (Å²) in [6.45, 7) is 1.52. The summed E-state index contributed by atoms with van der Waals surface area (Å²) in [5, 5.41) is 9.11. The van der Waals surface area contributed by atoms with Gasteiger partial charge >= 0.3 is 5.97 Å². The average Bonchev–Trinajstić information content (AvgIpc) is 2.93. The lowest BCUT2D eigenvalue weighted by atomic mass is 10.1. The molecule has 1 aliphatic heterocycles. The van der Waals surface area contributed by atoms with Gasteiger partial charge in [0.1, 0.15) is 11.5 Å². The lowest BCUT2D eigenvalue weighted by Crippen LogP contribution is -2.39. The normalized spacial score (nSPS) is 13.9. The van der Waals surface area contributed by atoms with E-state index >= 15 is 0 Å². The molecule has 1 amide bonds. The van der Waals surface area contributed by atoms with Crippen LogP contribution < -0.4 is 0 Å². The quantitative estimate of drug-likeness (QED) is 0.866. The number of amides is 1. The van der Waals surface area contributed by atoms with Crippen LogP contribution in [0.1, 0.15) is 26.7 Å². The van der Waals surface area contributed by atoms with Crippen molar-refractivity contribution in [3.05, 3.63) is 47.8 Å². The number of rotatable bonds is 2. The number of aromatic nitrogens is 3. The van der Waals surface area contributed by atoms with E-state index < -0.39 is 5.97 Å². The molecule has 102 valence electrons. The fraction of sp³-hybridized carbons (Fsp3) is 0.231. The first kappa shape index (κ1) is 12.3. The minimum Gasteiger partial charge on any atom is -0.478 e. The number of imidazole rings is 1. The van der Waals surface area contributed by atoms with Crippen LogP contribution in [0.3, 0.4) is 0 Å². The summed E-state index contributed by atoms with van der Waals surface area (Å²) in [5.74, 6) is -0.741. The van der Waals surface area contributed by atoms with Crippen LogP contribution in [0.15, 0.2) is 30.7 Å². The maximum atomic E-state index is 12.4. The summed E-state index contributed by atoms with van der Waals surface area (Å²) in [7, 11) is 0. The number of fused-ring (bicyclic) bond motifs is 1. The number of carbonyl (C=O) groups is 2. The molecule has 0 radical (unpaired) electrons. The number of carboxylic acid groups (broad SMARTS) is 1. The topological polar surface area (TPSA) is 88.3 Å². The summed E-state index contributed by atoms with van der Waals surface area (Å²) in [6, 6.07) is 2.89. The molecule has 0 aliphatic carbocycles. The van der Waals surface area contributed by atoms with E-state index in [1.807, 2.05) is 10.8 Å². The molecule has 0 aromatic carbocycles. The van der Waals surface area contributed by atoms with E-state index in [4.69, 9.17) is 5.11 Å². The Kier molecular flexibility index (Phi) is 2.94. The van der Waals surface area contributed by atoms with Gasteiger partial charge in [-0.25, -0.2) is 9.78 Å². The van der Waals surface area contributed by atoms with Crippen LogP contribution in [0.2, 0.25) is 0 Å². The highest BCUT2D eigenvalue weighted by Crippen LogP contribution is 2.15. The molecule has 3 rings (SSSR count). The largest absolute Gasteiger partial charge is 0.478 e. The second kappa shape index (κ2) is 4.76. The minimum absolute atomic E-state index is 0.0278. The Balaban J connectivity index is 1.89. The molecule has 0 saturated heterocycles. The van der Waals surface area contributed by atoms with Crippen LogP contribution in [0.4, 0.5) is 0 Å². The van der Waals surface area contributed by atoms with Gasteiger partial charge in [-0.3, -0.25) is 9.78 Å². The molecule has 0 spiro atoms. The second-order valence-corrected chi connectivity index (χ2v) is 4.47. The zero-order chi connectivity index (χ0) is 14.1. The van der Waals surface area contributed by atoms with Crippen LogP contribution in [0.25, 0.3) is 0 Å². The first-order valence-corrected chi connectivity index (χ1v) is 6.14. The van der Waals surface area contributed by atoms with Gasteiger partial charge in [0.15, 0.2) is 0 Å². The van der Waals surface area contributed by atoms with E-state index in [9.17, 15) is 9.59 Å². The molecule has 0 fully saturated rings. The highest BCUT2D eigenvalue weighted by atomic mass is 16.4. The van der Waals surface area contributed by atoms with Crippen molar-refractivity contribution in [2.24, 2.45) is 0 Å². The van der Waals surface area contributed by atoms with Gasteiger partial charge in [0.25, 0.3) is 5.91 Å². The molecule has 2 aromatic heterocycles. The van der Waals surface area contributed by atoms with Gasteiger partial charge in [0.05, 0.1) is 12.1 Å². The van der Waals surface area contributed by atoms with E-state index in [-0.39, 0.29) is 17.2 Å². The Hall–Kier alpha value is -2.70. The van der Waals surface area contributed by atoms with Gasteiger partial charge in [-0.15, -0.1) is 0 Å². The molecule has 0 bridgehead atoms. The number of hydrogen-bond donors (Lipinski definition) is 1. The van der Waals surface area contributed by atoms with E-state index in [0.717, 1.165) is 5.82 Å². The highest BCUT2D eigenvalue weighted by molar-refractivity contribution is 6.03. The Labute approximate surface area is 114 Å². The van der Waals surface area contributed by atoms with Gasteiger partial charge in [0.2, 0.25) is 0 Å². The van der Waals surface area contributed by atoms with Gasteiger partial charge in [-0.05, 0) is 12.1 Å². The van der Waals surface area contributed by atoms with Crippen molar-refractivity contribution in [3.63, 3.8) is 0 Å². The number of carbonyl (C=O) groups excluding carboxylic acids is 1. The van der Waals surface area contributed by atoms with Crippen LogP contribution >= 0.6 is 0 Å². The van der Waals surface area contributed by atoms with Crippen molar-refractivity contribution in [2.75, 3.05) is 6.54 Å². The predicted octanol–water partition coefficient (Wildman–Crippen LogP) is 0.632. The Morgan fingerprint density at radius 1 is 1.20 bits per heavy atom. The van der Waals surface area contributed by atoms with Crippen LogP contribution in [0, 0.1) is 0 Å². The summed E-state index contributed by atoms with van der Waals surface area (Å²) >= 11 is 0. The summed E-state index contributed by atoms with van der Waals surface area (Å²) in [4.78, 5) is 33.2. The van der Waals surface area contributed by atoms with Crippen molar-refractivity contribution in [3.8, 4) is 0 Å². The van der Waals surface area contributed by atoms with E-state index in [1.54, 1.807) is 11.1 Å². The molecule has 7 nitrogen and oxygen atoms in total. The molecule has 1 aliphatic rings. The van der Waals surface area contributed by atoms with Crippen molar-refractivity contribution in [1.29, 1.82) is 0 Å². The van der Waals surface area contributed by atoms with Gasteiger partial charge in [-0.2, -0.15) is 0 Å². The maximum Gasteiger partial charge on any atom is 0.338 e. The molecular weight excluding hydrogens is 260 g/mol. The molecule has 0 unspecified atom stereocenters. The third kappa shape index (κ3) is 2.03. The van der Waals surface area contributed by atoms with Crippen LogP contribution in [-0.2, 0) is 13.1 Å². The first-order chi connectivity index (χ1) is 9.66. The SMILES string of the molecule is O=C(O)c1cccnc1C(=O)N1CCn2ccnc2C1. The standard InChI is InChI=1S/C13H12N4O3/c18-12(11-9(13(19)20)2-1-3-15-11)17-7-6-16-5-4-14-10(16)8-17/h1-5H,6-8H2,(H,19,20). The Morgan fingerprint density at radius 3 is 2.85 bits per heavy atom. The molecule has 1 N–H and O–H groups in total. The van der Waals surface area contributed by atoms with Gasteiger partial charge in [-0.1, -0.05) is 0 Å². The third-order valence-corrected chi connectivity index (χ3v) is 3.27. The van der Waals surface area contributed by atoms with E-state index in [1.165, 1.54) is 18.3 Å². The minimum atomic E-state index is -1.15. The molecule has 0 saturated carbocycles. The molecule has 3 heterocycles. The lowest BCUT2D eigenvalue weighted by molar-refractivity contribution is 0.0655. The monoisotopic (exact) mass is 272 g/mol. The first-order valence-electron chi connectivity index (χ1n) is 6.14. The summed E-state index contributed by atoms with van der Waals surface area (Å²) in [5.41, 5.74) is -0.105. The van der Waals surface area contributed by atoms with E-state index in [2.05, 4.69) is 9.97 Å². The van der Waals surface area contributed by atoms with Gasteiger partial charge < -0.3 is 14.6 Å². The zero-order valence-corrected chi connectivity index (χ0v) is 10.6. The predicted molar refractivity (Wildman–Crippen MR) is 68.2 cm³/mol. The molecular formula is C13H12N4O3. The van der Waals surface area contributed by atoms with Gasteiger partial charge in [0, 0.05) is 31.7 Å². The van der Waals surface area contributed by atoms with Crippen molar-refractivity contribution in [2.45, 2.75) is 13.1 Å². The van der Waals surface area contributed by atoms with Crippen molar-refractivity contribution in [1.82, 2.24) is 19.4 Å². The van der Waals surface area contributed by atoms with Crippen LogP contribution in [-0.4, -0.2) is 43.0 Å². The fourth-order valence-electron chi connectivity index (χ4n) is 2.24. The number of nitrogens with zero attached hydrogens (tertiary/aromatic N) is 4. The van der Waals surface area contributed by atoms with Crippen molar-refractivity contribution < 1.29 is 14.7 Å². The highest BCUT2D eigenvalue weighted by Gasteiger charge is 2.26. The second-order valence-electron chi connectivity index (χ2n) is 4.47. The average molecular weight is 272 g/mol. The summed E-state index contributed by atoms with van der Waals surface area (Å²) in [6.07, 6.45) is 4.97. The molecule has 0 atom stereocenters. The zero-order valence-electron chi connectivity index (χ0n) is 10.6.